The van der Waals surface area contributed by atoms with Gasteiger partial charge in [-0.15, -0.1) is 0 Å². The zero-order valence-electron chi connectivity index (χ0n) is 15.1. The largest absolute Gasteiger partial charge is 0.484 e. The molecule has 0 aromatic heterocycles. The van der Waals surface area contributed by atoms with Gasteiger partial charge in [-0.05, 0) is 36.4 Å². The lowest BCUT2D eigenvalue weighted by Crippen LogP contribution is -2.24. The summed E-state index contributed by atoms with van der Waals surface area (Å²) in [6.45, 7) is 2.24. The second-order valence-electron chi connectivity index (χ2n) is 5.42. The first-order valence-electron chi connectivity index (χ1n) is 8.04. The molecule has 0 radical (unpaired) electrons. The third-order valence-electron chi connectivity index (χ3n) is 3.08. The Kier molecular flexibility index (Phi) is 7.53. The third-order valence-corrected chi connectivity index (χ3v) is 3.33. The van der Waals surface area contributed by atoms with E-state index < -0.39 is 17.8 Å². The van der Waals surface area contributed by atoms with E-state index in [-0.39, 0.29) is 18.1 Å². The number of hydrogen-bond acceptors (Lipinski definition) is 7. The summed E-state index contributed by atoms with van der Waals surface area (Å²) < 4.78 is 15.3. The van der Waals surface area contributed by atoms with Gasteiger partial charge in [0.05, 0.1) is 6.21 Å². The van der Waals surface area contributed by atoms with Gasteiger partial charge in [-0.25, -0.2) is 5.43 Å². The number of amides is 1. The van der Waals surface area contributed by atoms with Crippen LogP contribution in [0.4, 0.5) is 0 Å². The molecule has 0 atom stereocenters. The first kappa shape index (κ1) is 20.9. The molecule has 0 bridgehead atoms. The minimum Gasteiger partial charge on any atom is -0.484 e. The van der Waals surface area contributed by atoms with Crippen molar-refractivity contribution in [2.75, 3.05) is 6.61 Å². The van der Waals surface area contributed by atoms with E-state index >= 15 is 0 Å². The van der Waals surface area contributed by atoms with Crippen LogP contribution in [0.3, 0.4) is 0 Å². The van der Waals surface area contributed by atoms with E-state index in [1.807, 2.05) is 0 Å². The van der Waals surface area contributed by atoms with Crippen molar-refractivity contribution in [2.24, 2.45) is 5.10 Å². The van der Waals surface area contributed by atoms with E-state index in [1.54, 1.807) is 24.3 Å². The molecule has 146 valence electrons. The van der Waals surface area contributed by atoms with Crippen molar-refractivity contribution >= 4 is 35.7 Å². The highest BCUT2D eigenvalue weighted by atomic mass is 35.5. The van der Waals surface area contributed by atoms with Gasteiger partial charge in [0.15, 0.2) is 6.61 Å². The minimum atomic E-state index is -0.560. The summed E-state index contributed by atoms with van der Waals surface area (Å²) in [5, 5.41) is 4.36. The summed E-state index contributed by atoms with van der Waals surface area (Å²) in [5.74, 6) is -0.736. The van der Waals surface area contributed by atoms with Crippen molar-refractivity contribution in [2.45, 2.75) is 13.8 Å². The Balaban J connectivity index is 1.97. The predicted molar refractivity (Wildman–Crippen MR) is 102 cm³/mol. The van der Waals surface area contributed by atoms with Gasteiger partial charge in [-0.1, -0.05) is 11.6 Å². The molecule has 0 aliphatic heterocycles. The highest BCUT2D eigenvalue weighted by Crippen LogP contribution is 2.24. The average Bonchev–Trinajstić information content (AvgIpc) is 2.62. The molecule has 8 nitrogen and oxygen atoms in total. The first-order chi connectivity index (χ1) is 13.3. The zero-order chi connectivity index (χ0) is 20.5. The van der Waals surface area contributed by atoms with Gasteiger partial charge in [0, 0.05) is 30.5 Å². The van der Waals surface area contributed by atoms with E-state index in [2.05, 4.69) is 10.5 Å². The van der Waals surface area contributed by atoms with Crippen LogP contribution in [-0.2, 0) is 14.4 Å². The second kappa shape index (κ2) is 10.1. The van der Waals surface area contributed by atoms with Crippen LogP contribution < -0.4 is 19.6 Å². The van der Waals surface area contributed by atoms with E-state index in [0.29, 0.717) is 16.3 Å². The van der Waals surface area contributed by atoms with Crippen LogP contribution in [-0.4, -0.2) is 30.7 Å². The molecular formula is C19H17ClN2O6. The molecule has 0 heterocycles. The lowest BCUT2D eigenvalue weighted by molar-refractivity contribution is -0.132. The van der Waals surface area contributed by atoms with Crippen LogP contribution in [0.5, 0.6) is 17.2 Å². The van der Waals surface area contributed by atoms with Crippen molar-refractivity contribution in [3.63, 3.8) is 0 Å². The van der Waals surface area contributed by atoms with E-state index in [4.69, 9.17) is 25.8 Å². The molecule has 0 saturated heterocycles. The molecule has 2 aromatic carbocycles. The van der Waals surface area contributed by atoms with Crippen LogP contribution in [0.25, 0.3) is 0 Å². The van der Waals surface area contributed by atoms with Gasteiger partial charge in [0.2, 0.25) is 0 Å². The average molecular weight is 405 g/mol. The van der Waals surface area contributed by atoms with E-state index in [0.717, 1.165) is 0 Å². The molecule has 0 aliphatic carbocycles. The molecule has 2 aromatic rings. The van der Waals surface area contributed by atoms with Crippen LogP contribution >= 0.6 is 11.6 Å². The smallest absolute Gasteiger partial charge is 0.308 e. The summed E-state index contributed by atoms with van der Waals surface area (Å²) in [4.78, 5) is 34.1. The molecule has 0 fully saturated rings. The Bertz CT molecular complexity index is 896. The maximum absolute atomic E-state index is 11.8. The van der Waals surface area contributed by atoms with Crippen LogP contribution in [0.1, 0.15) is 19.4 Å². The van der Waals surface area contributed by atoms with E-state index in [1.165, 1.54) is 38.3 Å². The normalized spacial score (nSPS) is 10.4. The molecule has 0 saturated carbocycles. The standard InChI is InChI=1S/C19H17ClN2O6/c1-12(23)27-17-6-3-14(18(9-17)28-13(2)24)10-21-22-19(25)11-26-16-7-4-15(20)5-8-16/h3-10H,11H2,1-2H3,(H,22,25)/b21-10-. The molecule has 0 aliphatic rings. The molecule has 0 spiro atoms. The zero-order valence-corrected chi connectivity index (χ0v) is 15.9. The quantitative estimate of drug-likeness (QED) is 0.329. The Morgan fingerprint density at radius 2 is 1.64 bits per heavy atom. The molecule has 28 heavy (non-hydrogen) atoms. The van der Waals surface area contributed by atoms with Gasteiger partial charge in [-0.2, -0.15) is 5.10 Å². The molecule has 0 unspecified atom stereocenters. The summed E-state index contributed by atoms with van der Waals surface area (Å²) >= 11 is 5.77. The number of halogens is 1. The monoisotopic (exact) mass is 404 g/mol. The van der Waals surface area contributed by atoms with Gasteiger partial charge in [0.25, 0.3) is 5.91 Å². The Morgan fingerprint density at radius 3 is 2.29 bits per heavy atom. The molecule has 1 amide bonds. The highest BCUT2D eigenvalue weighted by Gasteiger charge is 2.09. The van der Waals surface area contributed by atoms with Crippen molar-refractivity contribution in [1.82, 2.24) is 5.43 Å². The Hall–Kier alpha value is -3.39. The molecule has 9 heteroatoms. The number of hydrogen-bond donors (Lipinski definition) is 1. The summed E-state index contributed by atoms with van der Waals surface area (Å²) in [5.41, 5.74) is 2.69. The maximum Gasteiger partial charge on any atom is 0.308 e. The van der Waals surface area contributed by atoms with Crippen LogP contribution in [0.2, 0.25) is 5.02 Å². The number of esters is 2. The number of hydrazone groups is 1. The van der Waals surface area contributed by atoms with Gasteiger partial charge < -0.3 is 14.2 Å². The molecular weight excluding hydrogens is 388 g/mol. The first-order valence-corrected chi connectivity index (χ1v) is 8.42. The predicted octanol–water partition coefficient (Wildman–Crippen LogP) is 2.72. The summed E-state index contributed by atoms with van der Waals surface area (Å²) in [7, 11) is 0. The Labute approximate surface area is 166 Å². The van der Waals surface area contributed by atoms with Gasteiger partial charge in [-0.3, -0.25) is 14.4 Å². The van der Waals surface area contributed by atoms with Crippen LogP contribution in [0.15, 0.2) is 47.6 Å². The second-order valence-corrected chi connectivity index (χ2v) is 5.86. The number of carbonyl (C=O) groups excluding carboxylic acids is 3. The van der Waals surface area contributed by atoms with Crippen LogP contribution in [0, 0.1) is 0 Å². The van der Waals surface area contributed by atoms with Gasteiger partial charge in [0.1, 0.15) is 17.2 Å². The number of nitrogens with one attached hydrogen (secondary N) is 1. The lowest BCUT2D eigenvalue weighted by Gasteiger charge is -2.08. The minimum absolute atomic E-state index is 0.127. The number of nitrogens with zero attached hydrogens (tertiary/aromatic N) is 1. The van der Waals surface area contributed by atoms with Crippen molar-refractivity contribution in [1.29, 1.82) is 0 Å². The van der Waals surface area contributed by atoms with Crippen molar-refractivity contribution < 1.29 is 28.6 Å². The number of rotatable bonds is 7. The maximum atomic E-state index is 11.8. The van der Waals surface area contributed by atoms with Crippen molar-refractivity contribution in [3.05, 3.63) is 53.1 Å². The number of carbonyl (C=O) groups is 3. The van der Waals surface area contributed by atoms with Crippen molar-refractivity contribution in [3.8, 4) is 17.2 Å². The topological polar surface area (TPSA) is 103 Å². The molecule has 2 rings (SSSR count). The fourth-order valence-corrected chi connectivity index (χ4v) is 2.11. The molecule has 1 N–H and O–H groups in total. The third kappa shape index (κ3) is 7.08. The summed E-state index contributed by atoms with van der Waals surface area (Å²) in [6.07, 6.45) is 1.29. The van der Waals surface area contributed by atoms with E-state index in [9.17, 15) is 14.4 Å². The highest BCUT2D eigenvalue weighted by molar-refractivity contribution is 6.30. The fourth-order valence-electron chi connectivity index (χ4n) is 1.98. The SMILES string of the molecule is CC(=O)Oc1ccc(/C=N\NC(=O)COc2ccc(Cl)cc2)c(OC(C)=O)c1. The Morgan fingerprint density at radius 1 is 1.00 bits per heavy atom. The summed E-state index contributed by atoms with van der Waals surface area (Å²) in [6, 6.07) is 10.9. The van der Waals surface area contributed by atoms with Gasteiger partial charge >= 0.3 is 11.9 Å². The lowest BCUT2D eigenvalue weighted by atomic mass is 10.2. The fraction of sp³-hybridized carbons (Fsp3) is 0.158. The number of benzene rings is 2. The number of ether oxygens (including phenoxy) is 3.